The van der Waals surface area contributed by atoms with Crippen LogP contribution in [-0.2, 0) is 6.42 Å². The van der Waals surface area contributed by atoms with Gasteiger partial charge in [-0.3, -0.25) is 4.79 Å². The van der Waals surface area contributed by atoms with Crippen LogP contribution in [0.4, 0.5) is 0 Å². The molecule has 0 saturated carbocycles. The molecule has 1 aromatic rings. The largest absolute Gasteiger partial charge is 0.330 e. The van der Waals surface area contributed by atoms with E-state index in [4.69, 9.17) is 17.3 Å². The second kappa shape index (κ2) is 4.40. The van der Waals surface area contributed by atoms with Crippen molar-refractivity contribution in [3.63, 3.8) is 0 Å². The quantitative estimate of drug-likeness (QED) is 0.754. The van der Waals surface area contributed by atoms with Crippen molar-refractivity contribution in [3.05, 3.63) is 34.3 Å². The van der Waals surface area contributed by atoms with Crippen LogP contribution in [0.3, 0.4) is 0 Å². The number of hydrogen-bond donors (Lipinski definition) is 1. The lowest BCUT2D eigenvalue weighted by atomic mass is 10.0. The minimum absolute atomic E-state index is 0.0333. The third-order valence-electron chi connectivity index (χ3n) is 1.86. The van der Waals surface area contributed by atoms with Gasteiger partial charge in [0.1, 0.15) is 0 Å². The van der Waals surface area contributed by atoms with Crippen LogP contribution < -0.4 is 5.73 Å². The zero-order valence-corrected chi connectivity index (χ0v) is 8.27. The lowest BCUT2D eigenvalue weighted by Crippen LogP contribution is -2.07. The summed E-state index contributed by atoms with van der Waals surface area (Å²) in [5.74, 6) is 0.0333. The number of carbonyl (C=O) groups excluding carboxylic acids is 1. The van der Waals surface area contributed by atoms with Crippen molar-refractivity contribution in [3.8, 4) is 0 Å². The van der Waals surface area contributed by atoms with Crippen molar-refractivity contribution in [2.24, 2.45) is 5.73 Å². The van der Waals surface area contributed by atoms with Crippen molar-refractivity contribution in [1.29, 1.82) is 0 Å². The Labute approximate surface area is 82.7 Å². The molecule has 0 aliphatic carbocycles. The fourth-order valence-corrected chi connectivity index (χ4v) is 1.42. The lowest BCUT2D eigenvalue weighted by Gasteiger charge is -2.05. The number of benzene rings is 1. The summed E-state index contributed by atoms with van der Waals surface area (Å²) < 4.78 is 0. The third kappa shape index (κ3) is 2.54. The van der Waals surface area contributed by atoms with Crippen LogP contribution in [0.2, 0.25) is 5.02 Å². The molecule has 0 atom stereocenters. The van der Waals surface area contributed by atoms with E-state index in [0.29, 0.717) is 23.6 Å². The van der Waals surface area contributed by atoms with Crippen molar-refractivity contribution >= 4 is 17.4 Å². The number of Topliss-reactive ketones (excluding diaryl/α,β-unsaturated/α-hetero) is 1. The van der Waals surface area contributed by atoms with Gasteiger partial charge in [-0.15, -0.1) is 0 Å². The molecule has 2 N–H and O–H groups in total. The summed E-state index contributed by atoms with van der Waals surface area (Å²) in [5.41, 5.74) is 7.07. The topological polar surface area (TPSA) is 43.1 Å². The van der Waals surface area contributed by atoms with Gasteiger partial charge in [-0.1, -0.05) is 17.7 Å². The van der Waals surface area contributed by atoms with Gasteiger partial charge in [0.05, 0.1) is 0 Å². The summed E-state index contributed by atoms with van der Waals surface area (Å²) in [6.07, 6.45) is 0.714. The maximum atomic E-state index is 11.2. The molecule has 1 rings (SSSR count). The van der Waals surface area contributed by atoms with E-state index in [2.05, 4.69) is 0 Å². The molecule has 0 bridgehead atoms. The highest BCUT2D eigenvalue weighted by molar-refractivity contribution is 6.31. The summed E-state index contributed by atoms with van der Waals surface area (Å²) in [4.78, 5) is 11.2. The zero-order valence-electron chi connectivity index (χ0n) is 7.51. The molecule has 0 saturated heterocycles. The van der Waals surface area contributed by atoms with Crippen molar-refractivity contribution < 1.29 is 4.79 Å². The van der Waals surface area contributed by atoms with E-state index >= 15 is 0 Å². The minimum atomic E-state index is 0.0333. The number of ketones is 1. The van der Waals surface area contributed by atoms with Gasteiger partial charge in [-0.05, 0) is 37.6 Å². The first kappa shape index (κ1) is 10.2. The second-order valence-corrected chi connectivity index (χ2v) is 3.33. The minimum Gasteiger partial charge on any atom is -0.330 e. The summed E-state index contributed by atoms with van der Waals surface area (Å²) in [6.45, 7) is 2.08. The van der Waals surface area contributed by atoms with E-state index in [1.807, 2.05) is 6.07 Å². The van der Waals surface area contributed by atoms with Gasteiger partial charge in [-0.2, -0.15) is 0 Å². The fraction of sp³-hybridized carbons (Fsp3) is 0.300. The zero-order chi connectivity index (χ0) is 9.84. The number of hydrogen-bond acceptors (Lipinski definition) is 2. The first-order valence-corrected chi connectivity index (χ1v) is 4.52. The number of halogens is 1. The summed E-state index contributed by atoms with van der Waals surface area (Å²) in [6, 6.07) is 5.32. The van der Waals surface area contributed by atoms with Gasteiger partial charge >= 0.3 is 0 Å². The Kier molecular flexibility index (Phi) is 3.46. The van der Waals surface area contributed by atoms with Gasteiger partial charge in [0.2, 0.25) is 0 Å². The second-order valence-electron chi connectivity index (χ2n) is 2.90. The van der Waals surface area contributed by atoms with Crippen LogP contribution in [0.1, 0.15) is 22.8 Å². The Bertz CT molecular complexity index is 323. The number of carbonyl (C=O) groups is 1. The summed E-state index contributed by atoms with van der Waals surface area (Å²) in [7, 11) is 0. The smallest absolute Gasteiger partial charge is 0.160 e. The molecule has 1 aromatic carbocycles. The predicted octanol–water partition coefficient (Wildman–Crippen LogP) is 2.04. The van der Waals surface area contributed by atoms with E-state index in [9.17, 15) is 4.79 Å². The van der Waals surface area contributed by atoms with E-state index in [-0.39, 0.29) is 5.78 Å². The average molecular weight is 198 g/mol. The van der Waals surface area contributed by atoms with Crippen LogP contribution in [0, 0.1) is 0 Å². The molecule has 0 radical (unpaired) electrons. The van der Waals surface area contributed by atoms with Gasteiger partial charge in [0, 0.05) is 10.6 Å². The third-order valence-corrected chi connectivity index (χ3v) is 2.10. The Morgan fingerprint density at radius 2 is 2.23 bits per heavy atom. The molecule has 0 fully saturated rings. The van der Waals surface area contributed by atoms with E-state index < -0.39 is 0 Å². The van der Waals surface area contributed by atoms with Crippen LogP contribution in [0.5, 0.6) is 0 Å². The van der Waals surface area contributed by atoms with Gasteiger partial charge in [0.15, 0.2) is 5.78 Å². The molecular weight excluding hydrogens is 186 g/mol. The monoisotopic (exact) mass is 197 g/mol. The van der Waals surface area contributed by atoms with Crippen molar-refractivity contribution in [2.75, 3.05) is 6.54 Å². The summed E-state index contributed by atoms with van der Waals surface area (Å²) in [5, 5.41) is 0.589. The molecule has 0 amide bonds. The molecule has 0 heterocycles. The molecule has 0 spiro atoms. The molecule has 3 heteroatoms. The molecule has 13 heavy (non-hydrogen) atoms. The lowest BCUT2D eigenvalue weighted by molar-refractivity contribution is 0.101. The van der Waals surface area contributed by atoms with E-state index in [1.54, 1.807) is 12.1 Å². The highest BCUT2D eigenvalue weighted by Crippen LogP contribution is 2.16. The molecular formula is C10H12ClNO. The van der Waals surface area contributed by atoms with Crippen LogP contribution in [-0.4, -0.2) is 12.3 Å². The Hall–Kier alpha value is -0.860. The molecule has 0 aromatic heterocycles. The Morgan fingerprint density at radius 3 is 2.77 bits per heavy atom. The normalized spacial score (nSPS) is 10.1. The van der Waals surface area contributed by atoms with E-state index in [1.165, 1.54) is 6.92 Å². The fourth-order valence-electron chi connectivity index (χ4n) is 1.25. The van der Waals surface area contributed by atoms with Gasteiger partial charge in [0.25, 0.3) is 0 Å². The predicted molar refractivity (Wildman–Crippen MR) is 54.2 cm³/mol. The van der Waals surface area contributed by atoms with Crippen molar-refractivity contribution in [2.45, 2.75) is 13.3 Å². The molecule has 2 nitrogen and oxygen atoms in total. The number of rotatable bonds is 3. The first-order valence-electron chi connectivity index (χ1n) is 4.14. The Balaban J connectivity index is 3.10. The molecule has 70 valence electrons. The highest BCUT2D eigenvalue weighted by atomic mass is 35.5. The maximum Gasteiger partial charge on any atom is 0.160 e. The maximum absolute atomic E-state index is 11.2. The van der Waals surface area contributed by atoms with Crippen LogP contribution in [0.15, 0.2) is 18.2 Å². The van der Waals surface area contributed by atoms with Crippen LogP contribution in [0.25, 0.3) is 0 Å². The average Bonchev–Trinajstić information content (AvgIpc) is 2.08. The highest BCUT2D eigenvalue weighted by Gasteiger charge is 2.06. The van der Waals surface area contributed by atoms with E-state index in [0.717, 1.165) is 5.56 Å². The SMILES string of the molecule is CC(=O)c1cc(Cl)ccc1CCN. The number of nitrogens with two attached hydrogens (primary N) is 1. The molecule has 0 aliphatic rings. The molecule has 0 unspecified atom stereocenters. The molecule has 0 aliphatic heterocycles. The van der Waals surface area contributed by atoms with Crippen LogP contribution >= 0.6 is 11.6 Å². The van der Waals surface area contributed by atoms with Gasteiger partial charge < -0.3 is 5.73 Å². The Morgan fingerprint density at radius 1 is 1.54 bits per heavy atom. The van der Waals surface area contributed by atoms with Gasteiger partial charge in [-0.25, -0.2) is 0 Å². The standard InChI is InChI=1S/C10H12ClNO/c1-7(13)10-6-9(11)3-2-8(10)4-5-12/h2-3,6H,4-5,12H2,1H3. The first-order chi connectivity index (χ1) is 6.15. The van der Waals surface area contributed by atoms with Crippen molar-refractivity contribution in [1.82, 2.24) is 0 Å². The summed E-state index contributed by atoms with van der Waals surface area (Å²) >= 11 is 5.78.